The second-order valence-electron chi connectivity index (χ2n) is 7.10. The van der Waals surface area contributed by atoms with Crippen LogP contribution in [0.25, 0.3) is 5.65 Å². The third kappa shape index (κ3) is 3.92. The Morgan fingerprint density at radius 3 is 2.71 bits per heavy atom. The molecule has 0 saturated carbocycles. The number of piperidine rings is 1. The standard InChI is InChI=1S/C21H21ClN4O2/c22-17-8-6-15(7-9-17)18(27)10-11-20(28)25-12-3-4-16(14-25)21-24-23-19-5-1-2-13-26(19)21/h1-2,5-9,13,16H,3-4,10-12,14H2/t16-/m0/s1. The lowest BCUT2D eigenvalue weighted by molar-refractivity contribution is -0.132. The maximum atomic E-state index is 12.7. The molecule has 0 spiro atoms. The predicted molar refractivity (Wildman–Crippen MR) is 107 cm³/mol. The van der Waals surface area contributed by atoms with Crippen molar-refractivity contribution < 1.29 is 9.59 Å². The van der Waals surface area contributed by atoms with Crippen molar-refractivity contribution in [2.75, 3.05) is 13.1 Å². The summed E-state index contributed by atoms with van der Waals surface area (Å²) < 4.78 is 1.99. The molecule has 3 heterocycles. The Labute approximate surface area is 168 Å². The minimum atomic E-state index is -0.0398. The molecule has 1 aliphatic rings. The van der Waals surface area contributed by atoms with Gasteiger partial charge in [-0.2, -0.15) is 0 Å². The predicted octanol–water partition coefficient (Wildman–Crippen LogP) is 3.75. The SMILES string of the molecule is O=C(CCC(=O)N1CCC[C@H](c2nnc3ccccn23)C1)c1ccc(Cl)cc1. The van der Waals surface area contributed by atoms with Gasteiger partial charge in [0, 0.05) is 48.6 Å². The fraction of sp³-hybridized carbons (Fsp3) is 0.333. The van der Waals surface area contributed by atoms with E-state index in [1.807, 2.05) is 33.7 Å². The molecule has 28 heavy (non-hydrogen) atoms. The van der Waals surface area contributed by atoms with Crippen LogP contribution in [0, 0.1) is 0 Å². The summed E-state index contributed by atoms with van der Waals surface area (Å²) in [5.74, 6) is 1.02. The third-order valence-corrected chi connectivity index (χ3v) is 5.46. The zero-order valence-electron chi connectivity index (χ0n) is 15.4. The summed E-state index contributed by atoms with van der Waals surface area (Å²) in [6, 6.07) is 12.6. The number of ketones is 1. The molecule has 1 amide bonds. The van der Waals surface area contributed by atoms with Gasteiger partial charge in [0.15, 0.2) is 11.4 Å². The molecule has 2 aromatic heterocycles. The highest BCUT2D eigenvalue weighted by atomic mass is 35.5. The molecule has 0 N–H and O–H groups in total. The number of nitrogens with zero attached hydrogens (tertiary/aromatic N) is 4. The summed E-state index contributed by atoms with van der Waals surface area (Å²) >= 11 is 5.85. The Bertz CT molecular complexity index is 999. The van der Waals surface area contributed by atoms with Crippen molar-refractivity contribution in [3.8, 4) is 0 Å². The fourth-order valence-corrected chi connectivity index (χ4v) is 3.84. The first-order valence-electron chi connectivity index (χ1n) is 9.48. The summed E-state index contributed by atoms with van der Waals surface area (Å²) in [5, 5.41) is 9.15. The number of amides is 1. The van der Waals surface area contributed by atoms with E-state index in [0.717, 1.165) is 30.9 Å². The van der Waals surface area contributed by atoms with Crippen LogP contribution in [0.5, 0.6) is 0 Å². The largest absolute Gasteiger partial charge is 0.342 e. The van der Waals surface area contributed by atoms with Crippen LogP contribution in [-0.4, -0.2) is 44.3 Å². The van der Waals surface area contributed by atoms with Gasteiger partial charge < -0.3 is 4.90 Å². The molecule has 3 aromatic rings. The molecule has 0 aliphatic carbocycles. The van der Waals surface area contributed by atoms with Crippen LogP contribution in [0.1, 0.15) is 47.8 Å². The van der Waals surface area contributed by atoms with Crippen LogP contribution >= 0.6 is 11.6 Å². The first-order chi connectivity index (χ1) is 13.6. The Hall–Kier alpha value is -2.73. The first kappa shape index (κ1) is 18.6. The molecule has 0 radical (unpaired) electrons. The van der Waals surface area contributed by atoms with Gasteiger partial charge in [0.2, 0.25) is 5.91 Å². The summed E-state index contributed by atoms with van der Waals surface area (Å²) in [6.07, 6.45) is 4.27. The van der Waals surface area contributed by atoms with Gasteiger partial charge in [-0.25, -0.2) is 0 Å². The molecular formula is C21H21ClN4O2. The number of carbonyl (C=O) groups is 2. The highest BCUT2D eigenvalue weighted by Crippen LogP contribution is 2.26. The molecule has 4 rings (SSSR count). The van der Waals surface area contributed by atoms with Gasteiger partial charge in [-0.15, -0.1) is 10.2 Å². The van der Waals surface area contributed by atoms with E-state index in [-0.39, 0.29) is 30.4 Å². The van der Waals surface area contributed by atoms with Gasteiger partial charge >= 0.3 is 0 Å². The number of pyridine rings is 1. The molecule has 1 aromatic carbocycles. The van der Waals surface area contributed by atoms with Gasteiger partial charge in [0.25, 0.3) is 0 Å². The Balaban J connectivity index is 1.38. The average molecular weight is 397 g/mol. The number of fused-ring (bicyclic) bond motifs is 1. The first-order valence-corrected chi connectivity index (χ1v) is 9.86. The third-order valence-electron chi connectivity index (χ3n) is 5.21. The summed E-state index contributed by atoms with van der Waals surface area (Å²) in [5.41, 5.74) is 1.40. The van der Waals surface area contributed by atoms with Gasteiger partial charge in [-0.3, -0.25) is 14.0 Å². The highest BCUT2D eigenvalue weighted by molar-refractivity contribution is 6.30. The van der Waals surface area contributed by atoms with E-state index in [1.165, 1.54) is 0 Å². The Morgan fingerprint density at radius 2 is 1.89 bits per heavy atom. The number of hydrogen-bond acceptors (Lipinski definition) is 4. The molecule has 1 fully saturated rings. The van der Waals surface area contributed by atoms with Gasteiger partial charge in [-0.1, -0.05) is 17.7 Å². The topological polar surface area (TPSA) is 67.6 Å². The second-order valence-corrected chi connectivity index (χ2v) is 7.53. The zero-order valence-corrected chi connectivity index (χ0v) is 16.2. The normalized spacial score (nSPS) is 17.0. The summed E-state index contributed by atoms with van der Waals surface area (Å²) in [4.78, 5) is 26.8. The molecular weight excluding hydrogens is 376 g/mol. The maximum Gasteiger partial charge on any atom is 0.223 e. The number of halogens is 1. The number of rotatable bonds is 5. The van der Waals surface area contributed by atoms with Crippen LogP contribution in [0.3, 0.4) is 0 Å². The quantitative estimate of drug-likeness (QED) is 0.616. The molecule has 0 unspecified atom stereocenters. The van der Waals surface area contributed by atoms with Crippen molar-refractivity contribution in [3.63, 3.8) is 0 Å². The van der Waals surface area contributed by atoms with Crippen LogP contribution < -0.4 is 0 Å². The van der Waals surface area contributed by atoms with Crippen molar-refractivity contribution in [2.45, 2.75) is 31.6 Å². The van der Waals surface area contributed by atoms with Crippen molar-refractivity contribution >= 4 is 28.9 Å². The smallest absolute Gasteiger partial charge is 0.223 e. The van der Waals surface area contributed by atoms with Crippen molar-refractivity contribution in [3.05, 3.63) is 65.1 Å². The highest BCUT2D eigenvalue weighted by Gasteiger charge is 2.28. The van der Waals surface area contributed by atoms with E-state index in [2.05, 4.69) is 10.2 Å². The van der Waals surface area contributed by atoms with E-state index >= 15 is 0 Å². The van der Waals surface area contributed by atoms with Gasteiger partial charge in [0.1, 0.15) is 5.82 Å². The number of benzene rings is 1. The number of hydrogen-bond donors (Lipinski definition) is 0. The maximum absolute atomic E-state index is 12.7. The number of aromatic nitrogens is 3. The molecule has 1 atom stereocenters. The molecule has 1 saturated heterocycles. The van der Waals surface area contributed by atoms with E-state index in [0.29, 0.717) is 17.1 Å². The minimum Gasteiger partial charge on any atom is -0.342 e. The number of Topliss-reactive ketones (excluding diaryl/α,β-unsaturated/α-hetero) is 1. The van der Waals surface area contributed by atoms with Crippen molar-refractivity contribution in [1.29, 1.82) is 0 Å². The Morgan fingerprint density at radius 1 is 1.07 bits per heavy atom. The van der Waals surface area contributed by atoms with Gasteiger partial charge in [-0.05, 0) is 49.2 Å². The van der Waals surface area contributed by atoms with Crippen LogP contribution in [0.15, 0.2) is 48.7 Å². The van der Waals surface area contributed by atoms with Crippen LogP contribution in [-0.2, 0) is 4.79 Å². The fourth-order valence-electron chi connectivity index (χ4n) is 3.71. The molecule has 1 aliphatic heterocycles. The molecule has 0 bridgehead atoms. The van der Waals surface area contributed by atoms with Gasteiger partial charge in [0.05, 0.1) is 0 Å². The second kappa shape index (κ2) is 8.10. The van der Waals surface area contributed by atoms with Crippen LogP contribution in [0.4, 0.5) is 0 Å². The van der Waals surface area contributed by atoms with E-state index < -0.39 is 0 Å². The lowest BCUT2D eigenvalue weighted by atomic mass is 9.96. The lowest BCUT2D eigenvalue weighted by Gasteiger charge is -2.32. The molecule has 144 valence electrons. The minimum absolute atomic E-state index is 0.0147. The molecule has 6 nitrogen and oxygen atoms in total. The van der Waals surface area contributed by atoms with Crippen LogP contribution in [0.2, 0.25) is 5.02 Å². The van der Waals surface area contributed by atoms with Crippen molar-refractivity contribution in [2.24, 2.45) is 0 Å². The summed E-state index contributed by atoms with van der Waals surface area (Å²) in [6.45, 7) is 1.34. The number of carbonyl (C=O) groups excluding carboxylic acids is 2. The lowest BCUT2D eigenvalue weighted by Crippen LogP contribution is -2.39. The molecule has 7 heteroatoms. The van der Waals surface area contributed by atoms with E-state index in [4.69, 9.17) is 11.6 Å². The Kier molecular flexibility index (Phi) is 5.39. The van der Waals surface area contributed by atoms with Crippen molar-refractivity contribution in [1.82, 2.24) is 19.5 Å². The van der Waals surface area contributed by atoms with E-state index in [1.54, 1.807) is 24.3 Å². The monoisotopic (exact) mass is 396 g/mol. The average Bonchev–Trinajstić information content (AvgIpc) is 3.16. The number of likely N-dealkylation sites (tertiary alicyclic amines) is 1. The summed E-state index contributed by atoms with van der Waals surface area (Å²) in [7, 11) is 0. The zero-order chi connectivity index (χ0) is 19.5. The van der Waals surface area contributed by atoms with E-state index in [9.17, 15) is 9.59 Å².